The van der Waals surface area contributed by atoms with E-state index < -0.39 is 10.0 Å². The van der Waals surface area contributed by atoms with Crippen molar-refractivity contribution in [1.82, 2.24) is 0 Å². The van der Waals surface area contributed by atoms with Gasteiger partial charge in [-0.15, -0.1) is 0 Å². The molecular weight excluding hydrogens is 294 g/mol. The van der Waals surface area contributed by atoms with Crippen LogP contribution >= 0.6 is 15.9 Å². The molecule has 88 valence electrons. The van der Waals surface area contributed by atoms with Crippen LogP contribution in [0.25, 0.3) is 0 Å². The second kappa shape index (κ2) is 4.25. The van der Waals surface area contributed by atoms with E-state index in [0.717, 1.165) is 19.1 Å². The average Bonchev–Trinajstić information content (AvgIpc) is 2.93. The van der Waals surface area contributed by atoms with Crippen molar-refractivity contribution >= 4 is 31.6 Å². The van der Waals surface area contributed by atoms with E-state index in [4.69, 9.17) is 4.74 Å². The summed E-state index contributed by atoms with van der Waals surface area (Å²) in [7, 11) is -3.26. The predicted molar refractivity (Wildman–Crippen MR) is 66.3 cm³/mol. The third-order valence-corrected chi connectivity index (χ3v) is 3.49. The van der Waals surface area contributed by atoms with Crippen molar-refractivity contribution in [3.8, 4) is 5.75 Å². The van der Waals surface area contributed by atoms with Crippen molar-refractivity contribution in [2.75, 3.05) is 11.0 Å². The van der Waals surface area contributed by atoms with Crippen LogP contribution in [-0.4, -0.2) is 20.8 Å². The van der Waals surface area contributed by atoms with Crippen LogP contribution < -0.4 is 9.46 Å². The van der Waals surface area contributed by atoms with Gasteiger partial charge in [0.1, 0.15) is 5.75 Å². The van der Waals surface area contributed by atoms with E-state index >= 15 is 0 Å². The van der Waals surface area contributed by atoms with E-state index in [-0.39, 0.29) is 6.10 Å². The molecule has 2 rings (SSSR count). The van der Waals surface area contributed by atoms with Crippen molar-refractivity contribution in [3.63, 3.8) is 0 Å². The highest BCUT2D eigenvalue weighted by molar-refractivity contribution is 9.10. The van der Waals surface area contributed by atoms with Gasteiger partial charge in [-0.2, -0.15) is 0 Å². The highest BCUT2D eigenvalue weighted by Gasteiger charge is 2.24. The predicted octanol–water partition coefficient (Wildman–Crippen LogP) is 2.36. The molecule has 1 saturated carbocycles. The maximum atomic E-state index is 11.1. The first-order valence-electron chi connectivity index (χ1n) is 4.89. The van der Waals surface area contributed by atoms with E-state index in [9.17, 15) is 8.42 Å². The van der Waals surface area contributed by atoms with Crippen LogP contribution in [0.15, 0.2) is 22.7 Å². The Morgan fingerprint density at radius 3 is 2.69 bits per heavy atom. The van der Waals surface area contributed by atoms with Gasteiger partial charge < -0.3 is 4.74 Å². The summed E-state index contributed by atoms with van der Waals surface area (Å²) in [5.41, 5.74) is 0.501. The van der Waals surface area contributed by atoms with E-state index in [1.165, 1.54) is 0 Å². The van der Waals surface area contributed by atoms with Crippen molar-refractivity contribution in [2.45, 2.75) is 18.9 Å². The minimum atomic E-state index is -3.26. The molecule has 4 nitrogen and oxygen atoms in total. The molecule has 1 aromatic rings. The van der Waals surface area contributed by atoms with Gasteiger partial charge in [-0.25, -0.2) is 8.42 Å². The molecule has 1 aliphatic carbocycles. The van der Waals surface area contributed by atoms with E-state index in [1.54, 1.807) is 12.1 Å². The monoisotopic (exact) mass is 305 g/mol. The van der Waals surface area contributed by atoms with Gasteiger partial charge in [0.2, 0.25) is 10.0 Å². The minimum Gasteiger partial charge on any atom is -0.489 e. The Labute approximate surface area is 103 Å². The lowest BCUT2D eigenvalue weighted by Crippen LogP contribution is -2.10. The molecule has 1 N–H and O–H groups in total. The lowest BCUT2D eigenvalue weighted by atomic mass is 10.3. The Morgan fingerprint density at radius 2 is 2.12 bits per heavy atom. The van der Waals surface area contributed by atoms with Crippen LogP contribution in [0, 0.1) is 0 Å². The number of hydrogen-bond donors (Lipinski definition) is 1. The number of rotatable bonds is 4. The van der Waals surface area contributed by atoms with Crippen LogP contribution in [0.5, 0.6) is 5.75 Å². The lowest BCUT2D eigenvalue weighted by molar-refractivity contribution is 0.301. The summed E-state index contributed by atoms with van der Waals surface area (Å²) < 4.78 is 31.0. The zero-order chi connectivity index (χ0) is 11.8. The highest BCUT2D eigenvalue weighted by Crippen LogP contribution is 2.36. The van der Waals surface area contributed by atoms with Crippen LogP contribution in [0.1, 0.15) is 12.8 Å². The maximum Gasteiger partial charge on any atom is 0.229 e. The summed E-state index contributed by atoms with van der Waals surface area (Å²) in [4.78, 5) is 0. The van der Waals surface area contributed by atoms with Gasteiger partial charge in [0.15, 0.2) is 0 Å². The van der Waals surface area contributed by atoms with Crippen LogP contribution in [0.4, 0.5) is 5.69 Å². The fraction of sp³-hybridized carbons (Fsp3) is 0.400. The molecule has 0 aliphatic heterocycles. The van der Waals surface area contributed by atoms with Crippen molar-refractivity contribution in [1.29, 1.82) is 0 Å². The molecule has 1 aromatic carbocycles. The third-order valence-electron chi connectivity index (χ3n) is 2.08. The molecule has 1 aliphatic rings. The normalized spacial score (nSPS) is 15.9. The summed E-state index contributed by atoms with van der Waals surface area (Å²) in [6, 6.07) is 5.26. The van der Waals surface area contributed by atoms with Gasteiger partial charge in [0.05, 0.1) is 22.5 Å². The van der Waals surface area contributed by atoms with Gasteiger partial charge in [-0.3, -0.25) is 4.72 Å². The topological polar surface area (TPSA) is 55.4 Å². The second-order valence-corrected chi connectivity index (χ2v) is 6.35. The fourth-order valence-corrected chi connectivity index (χ4v) is 2.40. The molecule has 0 spiro atoms. The SMILES string of the molecule is CS(=O)(=O)Nc1cccc(OC2CC2)c1Br. The number of ether oxygens (including phenoxy) is 1. The molecule has 6 heteroatoms. The van der Waals surface area contributed by atoms with E-state index in [0.29, 0.717) is 15.9 Å². The Kier molecular flexibility index (Phi) is 3.12. The van der Waals surface area contributed by atoms with Gasteiger partial charge in [0, 0.05) is 0 Å². The second-order valence-electron chi connectivity index (χ2n) is 3.81. The highest BCUT2D eigenvalue weighted by atomic mass is 79.9. The number of hydrogen-bond acceptors (Lipinski definition) is 3. The molecule has 0 unspecified atom stereocenters. The third kappa shape index (κ3) is 3.12. The molecule has 1 fully saturated rings. The zero-order valence-electron chi connectivity index (χ0n) is 8.73. The standard InChI is InChI=1S/C10H12BrNO3S/c1-16(13,14)12-8-3-2-4-9(10(8)11)15-7-5-6-7/h2-4,7,12H,5-6H2,1H3. The first kappa shape index (κ1) is 11.7. The number of benzene rings is 1. The van der Waals surface area contributed by atoms with Gasteiger partial charge in [0.25, 0.3) is 0 Å². The van der Waals surface area contributed by atoms with E-state index in [1.807, 2.05) is 6.07 Å². The van der Waals surface area contributed by atoms with Gasteiger partial charge in [-0.05, 0) is 40.9 Å². The Bertz CT molecular complexity index is 497. The molecule has 0 aromatic heterocycles. The zero-order valence-corrected chi connectivity index (χ0v) is 11.1. The molecule has 0 radical (unpaired) electrons. The summed E-state index contributed by atoms with van der Waals surface area (Å²) in [5, 5.41) is 0. The Morgan fingerprint density at radius 1 is 1.44 bits per heavy atom. The number of sulfonamides is 1. The van der Waals surface area contributed by atoms with Crippen LogP contribution in [0.3, 0.4) is 0 Å². The number of halogens is 1. The Hall–Kier alpha value is -0.750. The van der Waals surface area contributed by atoms with Gasteiger partial charge in [-0.1, -0.05) is 6.07 Å². The van der Waals surface area contributed by atoms with Gasteiger partial charge >= 0.3 is 0 Å². The summed E-state index contributed by atoms with van der Waals surface area (Å²) in [5.74, 6) is 0.677. The molecular formula is C10H12BrNO3S. The molecule has 0 amide bonds. The summed E-state index contributed by atoms with van der Waals surface area (Å²) >= 11 is 3.34. The molecule has 16 heavy (non-hydrogen) atoms. The first-order chi connectivity index (χ1) is 7.46. The summed E-state index contributed by atoms with van der Waals surface area (Å²) in [6.45, 7) is 0. The quantitative estimate of drug-likeness (QED) is 0.929. The van der Waals surface area contributed by atoms with Crippen LogP contribution in [-0.2, 0) is 10.0 Å². The van der Waals surface area contributed by atoms with Crippen LogP contribution in [0.2, 0.25) is 0 Å². The smallest absolute Gasteiger partial charge is 0.229 e. The fourth-order valence-electron chi connectivity index (χ4n) is 1.25. The van der Waals surface area contributed by atoms with Crippen molar-refractivity contribution < 1.29 is 13.2 Å². The molecule has 0 bridgehead atoms. The molecule has 0 atom stereocenters. The average molecular weight is 306 g/mol. The summed E-state index contributed by atoms with van der Waals surface area (Å²) in [6.07, 6.45) is 3.53. The molecule has 0 saturated heterocycles. The van der Waals surface area contributed by atoms with E-state index in [2.05, 4.69) is 20.7 Å². The number of anilines is 1. The van der Waals surface area contributed by atoms with Crippen molar-refractivity contribution in [2.24, 2.45) is 0 Å². The maximum absolute atomic E-state index is 11.1. The van der Waals surface area contributed by atoms with Crippen molar-refractivity contribution in [3.05, 3.63) is 22.7 Å². The lowest BCUT2D eigenvalue weighted by Gasteiger charge is -2.11. The molecule has 0 heterocycles. The minimum absolute atomic E-state index is 0.282. The largest absolute Gasteiger partial charge is 0.489 e. The first-order valence-corrected chi connectivity index (χ1v) is 7.57. The Balaban J connectivity index is 2.24. The number of nitrogens with one attached hydrogen (secondary N) is 1.